The van der Waals surface area contributed by atoms with Gasteiger partial charge in [0.05, 0.1) is 14.2 Å². The molecule has 0 atom stereocenters. The molecule has 2 aromatic carbocycles. The number of aryl methyl sites for hydroxylation is 1. The smallest absolute Gasteiger partial charge is 0.193 e. The third-order valence-electron chi connectivity index (χ3n) is 3.42. The average Bonchev–Trinajstić information content (AvgIpc) is 2.54. The van der Waals surface area contributed by atoms with Gasteiger partial charge in [-0.25, -0.2) is 0 Å². The number of ether oxygens (including phenoxy) is 2. The highest BCUT2D eigenvalue weighted by atomic mass is 127. The van der Waals surface area contributed by atoms with E-state index in [-0.39, 0.29) is 24.0 Å². The Bertz CT molecular complexity index is 690. The molecule has 0 amide bonds. The van der Waals surface area contributed by atoms with E-state index in [4.69, 9.17) is 15.2 Å². The second-order valence-corrected chi connectivity index (χ2v) is 5.20. The summed E-state index contributed by atoms with van der Waals surface area (Å²) in [5, 5.41) is 3.09. The monoisotopic (exact) mass is 441 g/mol. The van der Waals surface area contributed by atoms with E-state index in [1.54, 1.807) is 14.2 Å². The zero-order chi connectivity index (χ0) is 16.7. The fourth-order valence-corrected chi connectivity index (χ4v) is 2.25. The van der Waals surface area contributed by atoms with E-state index in [1.807, 2.05) is 49.4 Å². The number of nitrogens with zero attached hydrogens (tertiary/aromatic N) is 1. The minimum Gasteiger partial charge on any atom is -0.493 e. The van der Waals surface area contributed by atoms with Gasteiger partial charge in [-0.05, 0) is 48.7 Å². The van der Waals surface area contributed by atoms with Crippen LogP contribution in [0.15, 0.2) is 47.5 Å². The molecule has 3 N–H and O–H groups in total. The quantitative estimate of drug-likeness (QED) is 0.409. The van der Waals surface area contributed by atoms with Gasteiger partial charge in [0, 0.05) is 12.2 Å². The standard InChI is InChI=1S/C18H23N3O2.HI/c1-13-5-4-6-15(11-13)21-18(19)20-10-9-14-7-8-16(22-2)17(12-14)23-3;/h4-8,11-12H,9-10H2,1-3H3,(H3,19,20,21);1H. The molecule has 2 aromatic rings. The molecule has 0 aliphatic carbocycles. The fourth-order valence-electron chi connectivity index (χ4n) is 2.25. The first-order valence-corrected chi connectivity index (χ1v) is 7.47. The molecule has 6 heteroatoms. The Labute approximate surface area is 160 Å². The molecule has 0 aromatic heterocycles. The zero-order valence-corrected chi connectivity index (χ0v) is 16.5. The Kier molecular flexibility index (Phi) is 8.39. The Balaban J connectivity index is 0.00000288. The van der Waals surface area contributed by atoms with Crippen LogP contribution in [-0.2, 0) is 6.42 Å². The molecule has 0 unspecified atom stereocenters. The summed E-state index contributed by atoms with van der Waals surface area (Å²) in [5.41, 5.74) is 9.15. The normalized spacial score (nSPS) is 10.7. The van der Waals surface area contributed by atoms with Crippen LogP contribution in [0.1, 0.15) is 11.1 Å². The Morgan fingerprint density at radius 2 is 1.83 bits per heavy atom. The SMILES string of the molecule is COc1ccc(CCN=C(N)Nc2cccc(C)c2)cc1OC.I. The highest BCUT2D eigenvalue weighted by Gasteiger charge is 2.04. The first-order chi connectivity index (χ1) is 11.1. The molecule has 0 fully saturated rings. The summed E-state index contributed by atoms with van der Waals surface area (Å²) in [6.07, 6.45) is 0.774. The van der Waals surface area contributed by atoms with Crippen LogP contribution in [-0.4, -0.2) is 26.7 Å². The minimum atomic E-state index is 0. The first-order valence-electron chi connectivity index (χ1n) is 7.47. The first kappa shape index (κ1) is 20.1. The second-order valence-electron chi connectivity index (χ2n) is 5.20. The number of nitrogens with two attached hydrogens (primary N) is 1. The molecule has 5 nitrogen and oxygen atoms in total. The van der Waals surface area contributed by atoms with Crippen LogP contribution >= 0.6 is 24.0 Å². The third-order valence-corrected chi connectivity index (χ3v) is 3.42. The lowest BCUT2D eigenvalue weighted by atomic mass is 10.1. The number of rotatable bonds is 6. The van der Waals surface area contributed by atoms with Gasteiger partial charge in [0.15, 0.2) is 17.5 Å². The molecule has 0 aliphatic rings. The number of nitrogens with one attached hydrogen (secondary N) is 1. The number of halogens is 1. The lowest BCUT2D eigenvalue weighted by Crippen LogP contribution is -2.23. The Morgan fingerprint density at radius 3 is 2.50 bits per heavy atom. The summed E-state index contributed by atoms with van der Waals surface area (Å²) >= 11 is 0. The number of guanidine groups is 1. The van der Waals surface area contributed by atoms with Crippen molar-refractivity contribution in [1.82, 2.24) is 0 Å². The van der Waals surface area contributed by atoms with E-state index in [0.29, 0.717) is 12.5 Å². The number of aliphatic imine (C=N–C) groups is 1. The second kappa shape index (κ2) is 10.0. The summed E-state index contributed by atoms with van der Waals surface area (Å²) in [5.74, 6) is 1.86. The van der Waals surface area contributed by atoms with E-state index in [9.17, 15) is 0 Å². The molecule has 0 saturated carbocycles. The van der Waals surface area contributed by atoms with Crippen LogP contribution in [0.2, 0.25) is 0 Å². The Morgan fingerprint density at radius 1 is 1.08 bits per heavy atom. The van der Waals surface area contributed by atoms with Gasteiger partial charge in [-0.1, -0.05) is 18.2 Å². The van der Waals surface area contributed by atoms with Crippen LogP contribution in [0, 0.1) is 6.92 Å². The molecule has 0 heterocycles. The zero-order valence-electron chi connectivity index (χ0n) is 14.2. The number of methoxy groups -OCH3 is 2. The average molecular weight is 441 g/mol. The van der Waals surface area contributed by atoms with Crippen LogP contribution in [0.3, 0.4) is 0 Å². The van der Waals surface area contributed by atoms with E-state index >= 15 is 0 Å². The summed E-state index contributed by atoms with van der Waals surface area (Å²) in [4.78, 5) is 4.35. The van der Waals surface area contributed by atoms with Crippen LogP contribution in [0.4, 0.5) is 5.69 Å². The van der Waals surface area contributed by atoms with Crippen molar-refractivity contribution in [3.8, 4) is 11.5 Å². The van der Waals surface area contributed by atoms with Crippen molar-refractivity contribution >= 4 is 35.6 Å². The molecule has 130 valence electrons. The predicted molar refractivity (Wildman–Crippen MR) is 110 cm³/mol. The van der Waals surface area contributed by atoms with Crippen molar-refractivity contribution in [2.24, 2.45) is 10.7 Å². The molecule has 0 radical (unpaired) electrons. The molecule has 0 saturated heterocycles. The van der Waals surface area contributed by atoms with Crippen molar-refractivity contribution in [3.05, 3.63) is 53.6 Å². The van der Waals surface area contributed by atoms with Gasteiger partial charge in [0.25, 0.3) is 0 Å². The van der Waals surface area contributed by atoms with Gasteiger partial charge in [-0.15, -0.1) is 24.0 Å². The highest BCUT2D eigenvalue weighted by Crippen LogP contribution is 2.27. The van der Waals surface area contributed by atoms with Crippen LogP contribution in [0.5, 0.6) is 11.5 Å². The van der Waals surface area contributed by atoms with Gasteiger partial charge in [-0.3, -0.25) is 4.99 Å². The number of anilines is 1. The van der Waals surface area contributed by atoms with Gasteiger partial charge < -0.3 is 20.5 Å². The van der Waals surface area contributed by atoms with E-state index in [0.717, 1.165) is 29.2 Å². The third kappa shape index (κ3) is 5.92. The van der Waals surface area contributed by atoms with E-state index in [2.05, 4.69) is 10.3 Å². The van der Waals surface area contributed by atoms with Crippen molar-refractivity contribution in [1.29, 1.82) is 0 Å². The molecule has 2 rings (SSSR count). The van der Waals surface area contributed by atoms with E-state index in [1.165, 1.54) is 5.56 Å². The fraction of sp³-hybridized carbons (Fsp3) is 0.278. The summed E-state index contributed by atoms with van der Waals surface area (Å²) in [6.45, 7) is 2.63. The molecular weight excluding hydrogens is 417 g/mol. The van der Waals surface area contributed by atoms with Gasteiger partial charge >= 0.3 is 0 Å². The molecular formula is C18H24IN3O2. The lowest BCUT2D eigenvalue weighted by molar-refractivity contribution is 0.354. The minimum absolute atomic E-state index is 0. The van der Waals surface area contributed by atoms with Crippen molar-refractivity contribution in [2.45, 2.75) is 13.3 Å². The van der Waals surface area contributed by atoms with Crippen LogP contribution < -0.4 is 20.5 Å². The largest absolute Gasteiger partial charge is 0.493 e. The van der Waals surface area contributed by atoms with Crippen LogP contribution in [0.25, 0.3) is 0 Å². The molecule has 0 aliphatic heterocycles. The van der Waals surface area contributed by atoms with Crippen molar-refractivity contribution < 1.29 is 9.47 Å². The van der Waals surface area contributed by atoms with Gasteiger partial charge in [0.1, 0.15) is 0 Å². The van der Waals surface area contributed by atoms with Crippen molar-refractivity contribution in [3.63, 3.8) is 0 Å². The summed E-state index contributed by atoms with van der Waals surface area (Å²) in [6, 6.07) is 13.9. The number of benzene rings is 2. The van der Waals surface area contributed by atoms with Crippen molar-refractivity contribution in [2.75, 3.05) is 26.1 Å². The number of hydrogen-bond donors (Lipinski definition) is 2. The lowest BCUT2D eigenvalue weighted by Gasteiger charge is -2.09. The number of hydrogen-bond acceptors (Lipinski definition) is 3. The predicted octanol–water partition coefficient (Wildman–Crippen LogP) is 3.60. The summed E-state index contributed by atoms with van der Waals surface area (Å²) < 4.78 is 10.5. The summed E-state index contributed by atoms with van der Waals surface area (Å²) in [7, 11) is 3.25. The topological polar surface area (TPSA) is 68.9 Å². The molecule has 0 bridgehead atoms. The van der Waals surface area contributed by atoms with Gasteiger partial charge in [0.2, 0.25) is 0 Å². The molecule has 0 spiro atoms. The molecule has 24 heavy (non-hydrogen) atoms. The maximum atomic E-state index is 5.92. The van der Waals surface area contributed by atoms with Gasteiger partial charge in [-0.2, -0.15) is 0 Å². The highest BCUT2D eigenvalue weighted by molar-refractivity contribution is 14.0. The van der Waals surface area contributed by atoms with E-state index < -0.39 is 0 Å². The Hall–Kier alpha value is -1.96. The maximum Gasteiger partial charge on any atom is 0.193 e. The maximum absolute atomic E-state index is 5.92.